The molecule has 2 atom stereocenters. The molecule has 1 aliphatic rings. The maximum atomic E-state index is 11.5. The van der Waals surface area contributed by atoms with E-state index in [0.717, 1.165) is 31.5 Å². The van der Waals surface area contributed by atoms with Crippen LogP contribution in [-0.4, -0.2) is 18.0 Å². The van der Waals surface area contributed by atoms with Gasteiger partial charge in [0.25, 0.3) is 10.0 Å². The molecule has 6 heteroatoms. The molecule has 0 saturated heterocycles. The summed E-state index contributed by atoms with van der Waals surface area (Å²) in [5.74, 6) is 1.48. The quantitative estimate of drug-likeness (QED) is 0.907. The molecule has 1 aromatic heterocycles. The van der Waals surface area contributed by atoms with Crippen LogP contribution in [0.4, 0.5) is 0 Å². The van der Waals surface area contributed by atoms with E-state index >= 15 is 0 Å². The second-order valence-corrected chi connectivity index (χ2v) is 7.23. The van der Waals surface area contributed by atoms with Gasteiger partial charge in [0.05, 0.1) is 0 Å². The van der Waals surface area contributed by atoms with Crippen LogP contribution >= 0.6 is 0 Å². The molecule has 5 nitrogen and oxygen atoms in total. The van der Waals surface area contributed by atoms with Crippen LogP contribution in [0.3, 0.4) is 0 Å². The summed E-state index contributed by atoms with van der Waals surface area (Å²) in [6.45, 7) is 4.29. The van der Waals surface area contributed by atoms with Crippen molar-refractivity contribution in [3.8, 4) is 0 Å². The molecule has 0 aromatic carbocycles. The number of rotatable bonds is 5. The van der Waals surface area contributed by atoms with Crippen LogP contribution in [0.15, 0.2) is 11.2 Å². The van der Waals surface area contributed by atoms with E-state index in [4.69, 9.17) is 5.14 Å². The van der Waals surface area contributed by atoms with Crippen LogP contribution in [0.25, 0.3) is 0 Å². The fraction of sp³-hybridized carbons (Fsp3) is 0.786. The summed E-state index contributed by atoms with van der Waals surface area (Å²) in [5, 5.41) is 5.24. The number of aryl methyl sites for hydroxylation is 1. The zero-order valence-electron chi connectivity index (χ0n) is 12.4. The summed E-state index contributed by atoms with van der Waals surface area (Å²) >= 11 is 0. The summed E-state index contributed by atoms with van der Waals surface area (Å²) in [5.41, 5.74) is 0. The molecule has 114 valence electrons. The molecule has 1 aromatic rings. The van der Waals surface area contributed by atoms with Gasteiger partial charge in [-0.1, -0.05) is 33.1 Å². The average molecular weight is 299 g/mol. The van der Waals surface area contributed by atoms with Gasteiger partial charge < -0.3 is 4.57 Å². The van der Waals surface area contributed by atoms with Gasteiger partial charge in [0, 0.05) is 18.7 Å². The second kappa shape index (κ2) is 6.26. The lowest BCUT2D eigenvalue weighted by Gasteiger charge is -2.32. The Bertz CT molecular complexity index is 551. The molecule has 1 aliphatic carbocycles. The summed E-state index contributed by atoms with van der Waals surface area (Å²) < 4.78 is 25.2. The number of sulfonamides is 1. The van der Waals surface area contributed by atoms with Crippen molar-refractivity contribution in [2.75, 3.05) is 0 Å². The minimum Gasteiger partial charge on any atom is -0.330 e. The molecule has 0 radical (unpaired) electrons. The van der Waals surface area contributed by atoms with Crippen molar-refractivity contribution in [3.63, 3.8) is 0 Å². The van der Waals surface area contributed by atoms with E-state index in [0.29, 0.717) is 12.0 Å². The fourth-order valence-electron chi connectivity index (χ4n) is 3.27. The van der Waals surface area contributed by atoms with Gasteiger partial charge >= 0.3 is 0 Å². The van der Waals surface area contributed by atoms with Gasteiger partial charge in [-0.3, -0.25) is 0 Å². The smallest absolute Gasteiger partial charge is 0.257 e. The zero-order valence-corrected chi connectivity index (χ0v) is 13.2. The van der Waals surface area contributed by atoms with Gasteiger partial charge in [-0.2, -0.15) is 0 Å². The van der Waals surface area contributed by atoms with E-state index in [9.17, 15) is 8.42 Å². The first-order valence-corrected chi connectivity index (χ1v) is 9.12. The van der Waals surface area contributed by atoms with E-state index in [1.807, 2.05) is 0 Å². The molecular weight excluding hydrogens is 274 g/mol. The van der Waals surface area contributed by atoms with Crippen molar-refractivity contribution in [2.24, 2.45) is 11.1 Å². The van der Waals surface area contributed by atoms with Crippen LogP contribution in [0.1, 0.15) is 64.2 Å². The number of imidazole rings is 1. The third kappa shape index (κ3) is 3.23. The summed E-state index contributed by atoms with van der Waals surface area (Å²) in [4.78, 5) is 4.27. The van der Waals surface area contributed by atoms with Gasteiger partial charge in [0.2, 0.25) is 0 Å². The molecule has 1 heterocycles. The molecular formula is C14H25N3O2S. The topological polar surface area (TPSA) is 78.0 Å². The Morgan fingerprint density at radius 2 is 2.05 bits per heavy atom. The Morgan fingerprint density at radius 1 is 1.35 bits per heavy atom. The molecule has 0 aliphatic heterocycles. The number of hydrogen-bond acceptors (Lipinski definition) is 3. The van der Waals surface area contributed by atoms with E-state index in [2.05, 4.69) is 23.4 Å². The standard InChI is InChI=1S/C14H25N3O2S/c1-3-7-13-16-14(20(15,18)19)10-17(13)12-9-6-5-8-11(12)4-2/h10-12H,3-9H2,1-2H3,(H2,15,18,19). The van der Waals surface area contributed by atoms with Crippen LogP contribution in [0, 0.1) is 5.92 Å². The van der Waals surface area contributed by atoms with E-state index in [1.165, 1.54) is 19.3 Å². The summed E-state index contributed by atoms with van der Waals surface area (Å²) in [6, 6.07) is 0.373. The van der Waals surface area contributed by atoms with Crippen LogP contribution < -0.4 is 5.14 Å². The predicted octanol–water partition coefficient (Wildman–Crippen LogP) is 2.62. The molecule has 1 saturated carbocycles. The number of nitrogens with two attached hydrogens (primary N) is 1. The maximum absolute atomic E-state index is 11.5. The van der Waals surface area contributed by atoms with Crippen LogP contribution in [-0.2, 0) is 16.4 Å². The van der Waals surface area contributed by atoms with Crippen molar-refractivity contribution >= 4 is 10.0 Å². The zero-order chi connectivity index (χ0) is 14.8. The molecule has 20 heavy (non-hydrogen) atoms. The Labute approximate surface area is 121 Å². The molecule has 1 fully saturated rings. The highest BCUT2D eigenvalue weighted by Crippen LogP contribution is 2.37. The van der Waals surface area contributed by atoms with E-state index in [-0.39, 0.29) is 5.03 Å². The highest BCUT2D eigenvalue weighted by Gasteiger charge is 2.28. The Balaban J connectivity index is 2.40. The normalized spacial score (nSPS) is 23.9. The average Bonchev–Trinajstić information content (AvgIpc) is 2.83. The minimum atomic E-state index is -3.72. The lowest BCUT2D eigenvalue weighted by atomic mass is 9.82. The van der Waals surface area contributed by atoms with Gasteiger partial charge in [-0.05, 0) is 25.2 Å². The third-order valence-electron chi connectivity index (χ3n) is 4.30. The Kier molecular flexibility index (Phi) is 4.86. The first-order chi connectivity index (χ1) is 9.47. The second-order valence-electron chi connectivity index (χ2n) is 5.72. The third-order valence-corrected chi connectivity index (χ3v) is 5.08. The van der Waals surface area contributed by atoms with Gasteiger partial charge in [0.15, 0.2) is 5.03 Å². The van der Waals surface area contributed by atoms with E-state index in [1.54, 1.807) is 6.20 Å². The van der Waals surface area contributed by atoms with Crippen molar-refractivity contribution < 1.29 is 8.42 Å². The fourth-order valence-corrected chi connectivity index (χ4v) is 3.76. The first kappa shape index (κ1) is 15.5. The number of aromatic nitrogens is 2. The van der Waals surface area contributed by atoms with Crippen molar-refractivity contribution in [3.05, 3.63) is 12.0 Å². The van der Waals surface area contributed by atoms with E-state index < -0.39 is 10.0 Å². The SMILES string of the molecule is CCCc1nc(S(N)(=O)=O)cn1C1CCCCC1CC. The van der Waals surface area contributed by atoms with Crippen LogP contribution in [0.2, 0.25) is 0 Å². The Hall–Kier alpha value is -0.880. The first-order valence-electron chi connectivity index (χ1n) is 7.57. The minimum absolute atomic E-state index is 0.0152. The lowest BCUT2D eigenvalue weighted by Crippen LogP contribution is -2.24. The number of hydrogen-bond donors (Lipinski definition) is 1. The monoisotopic (exact) mass is 299 g/mol. The van der Waals surface area contributed by atoms with Gasteiger partial charge in [-0.25, -0.2) is 18.5 Å². The highest BCUT2D eigenvalue weighted by molar-refractivity contribution is 7.89. The number of nitrogens with zero attached hydrogens (tertiary/aromatic N) is 2. The predicted molar refractivity (Wildman–Crippen MR) is 78.9 cm³/mol. The lowest BCUT2D eigenvalue weighted by molar-refractivity contribution is 0.228. The molecule has 2 unspecified atom stereocenters. The number of primary sulfonamides is 1. The highest BCUT2D eigenvalue weighted by atomic mass is 32.2. The molecule has 0 amide bonds. The van der Waals surface area contributed by atoms with Crippen LogP contribution in [0.5, 0.6) is 0 Å². The summed E-state index contributed by atoms with van der Waals surface area (Å²) in [7, 11) is -3.72. The largest absolute Gasteiger partial charge is 0.330 e. The van der Waals surface area contributed by atoms with Gasteiger partial charge in [0.1, 0.15) is 5.82 Å². The van der Waals surface area contributed by atoms with Gasteiger partial charge in [-0.15, -0.1) is 0 Å². The molecule has 0 spiro atoms. The maximum Gasteiger partial charge on any atom is 0.257 e. The molecule has 0 bridgehead atoms. The Morgan fingerprint density at radius 3 is 2.65 bits per heavy atom. The molecule has 2 rings (SSSR count). The van der Waals surface area contributed by atoms with Crippen molar-refractivity contribution in [1.82, 2.24) is 9.55 Å². The molecule has 2 N–H and O–H groups in total. The van der Waals surface area contributed by atoms with Crippen molar-refractivity contribution in [2.45, 2.75) is 69.9 Å². The van der Waals surface area contributed by atoms with Crippen molar-refractivity contribution in [1.29, 1.82) is 0 Å². The summed E-state index contributed by atoms with van der Waals surface area (Å²) in [6.07, 6.45) is 9.32.